The van der Waals surface area contributed by atoms with Gasteiger partial charge >= 0.3 is 0 Å². The van der Waals surface area contributed by atoms with E-state index in [0.717, 1.165) is 0 Å². The van der Waals surface area contributed by atoms with Crippen molar-refractivity contribution in [1.29, 1.82) is 0 Å². The highest BCUT2D eigenvalue weighted by atomic mass is 15.1. The molecule has 0 saturated carbocycles. The van der Waals surface area contributed by atoms with Gasteiger partial charge in [-0.05, 0) is 27.9 Å². The lowest BCUT2D eigenvalue weighted by Gasteiger charge is -2.12. The van der Waals surface area contributed by atoms with E-state index in [-0.39, 0.29) is 0 Å². The maximum absolute atomic E-state index is 7.31. The molecule has 38 valence electrons. The van der Waals surface area contributed by atoms with Gasteiger partial charge in [-0.1, -0.05) is 0 Å². The van der Waals surface area contributed by atoms with Gasteiger partial charge in [-0.2, -0.15) is 0 Å². The fourth-order valence-corrected chi connectivity index (χ4v) is 0. The fourth-order valence-electron chi connectivity index (χ4n) is 0. The Labute approximate surface area is 41.4 Å². The van der Waals surface area contributed by atoms with Crippen molar-refractivity contribution in [2.24, 2.45) is 0 Å². The zero-order valence-electron chi connectivity index (χ0n) is 5.95. The third kappa shape index (κ3) is 2.21. The largest absolute Gasteiger partial charge is 0.307 e. The highest BCUT2D eigenvalue weighted by Gasteiger charge is 1.90. The molecule has 0 fully saturated rings. The van der Waals surface area contributed by atoms with E-state index in [1.807, 2.05) is 32.8 Å². The van der Waals surface area contributed by atoms with E-state index in [4.69, 9.17) is 1.37 Å². The molecule has 0 bridgehead atoms. The minimum atomic E-state index is -0.417. The molecule has 0 unspecified atom stereocenters. The Morgan fingerprint density at radius 3 is 1.67 bits per heavy atom. The van der Waals surface area contributed by atoms with E-state index >= 15 is 0 Å². The molecule has 0 atom stereocenters. The van der Waals surface area contributed by atoms with Crippen LogP contribution in [0.15, 0.2) is 0 Å². The van der Waals surface area contributed by atoms with Gasteiger partial charge < -0.3 is 4.90 Å². The molecule has 0 aromatic carbocycles. The Balaban J connectivity index is 3.54. The maximum atomic E-state index is 7.31. The second kappa shape index (κ2) is 2.19. The molecule has 0 rings (SSSR count). The smallest absolute Gasteiger partial charge is 0.0461 e. The standard InChI is InChI=1S/C5H13N/c1-5(2)6(3)4/h5H,1-4H3/i5D. The molecule has 0 aliphatic heterocycles. The summed E-state index contributed by atoms with van der Waals surface area (Å²) in [4.78, 5) is 1.85. The molecule has 0 amide bonds. The summed E-state index contributed by atoms with van der Waals surface area (Å²) in [7, 11) is 3.79. The summed E-state index contributed by atoms with van der Waals surface area (Å²) in [5.41, 5.74) is 0. The van der Waals surface area contributed by atoms with Crippen molar-refractivity contribution < 1.29 is 1.37 Å². The third-order valence-electron chi connectivity index (χ3n) is 0.894. The van der Waals surface area contributed by atoms with Gasteiger partial charge in [0.05, 0.1) is 0 Å². The molecule has 1 nitrogen and oxygen atoms in total. The first kappa shape index (κ1) is 4.13. The zero-order chi connectivity index (χ0) is 6.08. The predicted molar refractivity (Wildman–Crippen MR) is 28.8 cm³/mol. The van der Waals surface area contributed by atoms with Gasteiger partial charge in [-0.3, -0.25) is 0 Å². The molecule has 0 N–H and O–H groups in total. The van der Waals surface area contributed by atoms with Crippen molar-refractivity contribution >= 4 is 0 Å². The van der Waals surface area contributed by atoms with Gasteiger partial charge in [0.1, 0.15) is 0 Å². The Bertz CT molecular complexity index is 53.6. The molecule has 0 radical (unpaired) electrons. The first-order valence-corrected chi connectivity index (χ1v) is 2.12. The topological polar surface area (TPSA) is 3.24 Å². The molecule has 0 saturated heterocycles. The summed E-state index contributed by atoms with van der Waals surface area (Å²) in [6.45, 7) is 3.71. The van der Waals surface area contributed by atoms with Gasteiger partial charge in [0.15, 0.2) is 0 Å². The maximum Gasteiger partial charge on any atom is 0.0461 e. The average molecular weight is 88.2 g/mol. The van der Waals surface area contributed by atoms with Crippen molar-refractivity contribution in [2.45, 2.75) is 19.9 Å². The number of hydrogen-bond donors (Lipinski definition) is 0. The quantitative estimate of drug-likeness (QED) is 0.461. The summed E-state index contributed by atoms with van der Waals surface area (Å²) >= 11 is 0. The van der Waals surface area contributed by atoms with Crippen LogP contribution in [0.5, 0.6) is 0 Å². The molecular weight excluding hydrogens is 74.1 g/mol. The highest BCUT2D eigenvalue weighted by Crippen LogP contribution is 1.84. The highest BCUT2D eigenvalue weighted by molar-refractivity contribution is 4.46. The van der Waals surface area contributed by atoms with Crippen molar-refractivity contribution in [3.8, 4) is 0 Å². The number of hydrogen-bond acceptors (Lipinski definition) is 1. The molecule has 1 heteroatoms. The molecule has 6 heavy (non-hydrogen) atoms. The van der Waals surface area contributed by atoms with Gasteiger partial charge in [0.2, 0.25) is 0 Å². The average Bonchev–Trinajstić information content (AvgIpc) is 1.31. The molecule has 0 spiro atoms. The van der Waals surface area contributed by atoms with E-state index in [1.54, 1.807) is 0 Å². The van der Waals surface area contributed by atoms with Gasteiger partial charge in [-0.25, -0.2) is 0 Å². The summed E-state index contributed by atoms with van der Waals surface area (Å²) in [6, 6.07) is -0.417. The van der Waals surface area contributed by atoms with E-state index in [2.05, 4.69) is 0 Å². The van der Waals surface area contributed by atoms with Crippen LogP contribution in [-0.4, -0.2) is 25.0 Å². The fraction of sp³-hybridized carbons (Fsp3) is 1.00. The lowest BCUT2D eigenvalue weighted by atomic mass is 10.4. The minimum absolute atomic E-state index is 0.417. The van der Waals surface area contributed by atoms with Crippen LogP contribution in [0.1, 0.15) is 15.2 Å². The summed E-state index contributed by atoms with van der Waals surface area (Å²) < 4.78 is 7.31. The lowest BCUT2D eigenvalue weighted by molar-refractivity contribution is 0.335. The summed E-state index contributed by atoms with van der Waals surface area (Å²) in [5, 5.41) is 0. The summed E-state index contributed by atoms with van der Waals surface area (Å²) in [5.74, 6) is 0. The second-order valence-corrected chi connectivity index (χ2v) is 1.84. The Morgan fingerprint density at radius 1 is 1.50 bits per heavy atom. The van der Waals surface area contributed by atoms with E-state index < -0.39 is 6.02 Å². The first-order chi connectivity index (χ1) is 2.94. The van der Waals surface area contributed by atoms with Crippen LogP contribution < -0.4 is 0 Å². The Hall–Kier alpha value is -0.0400. The van der Waals surface area contributed by atoms with Crippen LogP contribution in [0.4, 0.5) is 0 Å². The Morgan fingerprint density at radius 2 is 1.67 bits per heavy atom. The molecule has 0 aliphatic rings. The monoisotopic (exact) mass is 88.1 g/mol. The second-order valence-electron chi connectivity index (χ2n) is 1.84. The van der Waals surface area contributed by atoms with Crippen molar-refractivity contribution in [3.05, 3.63) is 0 Å². The Kier molecular flexibility index (Phi) is 1.51. The van der Waals surface area contributed by atoms with Crippen molar-refractivity contribution in [3.63, 3.8) is 0 Å². The molecule has 0 aromatic heterocycles. The third-order valence-corrected chi connectivity index (χ3v) is 0.894. The number of rotatable bonds is 1. The molecular formula is C5H13N. The molecule has 0 aliphatic carbocycles. The SMILES string of the molecule is [2H]C(C)(C)N(C)C. The molecule has 0 heterocycles. The van der Waals surface area contributed by atoms with Crippen LogP contribution in [0, 0.1) is 0 Å². The zero-order valence-corrected chi connectivity index (χ0v) is 4.95. The van der Waals surface area contributed by atoms with E-state index in [1.165, 1.54) is 0 Å². The van der Waals surface area contributed by atoms with Crippen LogP contribution >= 0.6 is 0 Å². The van der Waals surface area contributed by atoms with Crippen LogP contribution in [-0.2, 0) is 0 Å². The van der Waals surface area contributed by atoms with E-state index in [9.17, 15) is 0 Å². The predicted octanol–water partition coefficient (Wildman–Crippen LogP) is 0.956. The lowest BCUT2D eigenvalue weighted by Crippen LogP contribution is -2.20. The van der Waals surface area contributed by atoms with Gasteiger partial charge in [0, 0.05) is 7.39 Å². The van der Waals surface area contributed by atoms with Crippen LogP contribution in [0.2, 0.25) is 0 Å². The van der Waals surface area contributed by atoms with Gasteiger partial charge in [0.25, 0.3) is 0 Å². The van der Waals surface area contributed by atoms with Crippen molar-refractivity contribution in [1.82, 2.24) is 4.90 Å². The van der Waals surface area contributed by atoms with Crippen LogP contribution in [0.25, 0.3) is 0 Å². The molecule has 0 aromatic rings. The van der Waals surface area contributed by atoms with Crippen LogP contribution in [0.3, 0.4) is 0 Å². The first-order valence-electron chi connectivity index (χ1n) is 2.62. The summed E-state index contributed by atoms with van der Waals surface area (Å²) in [6.07, 6.45) is 0. The normalized spacial score (nSPS) is 15.2. The van der Waals surface area contributed by atoms with Gasteiger partial charge in [-0.15, -0.1) is 0 Å². The van der Waals surface area contributed by atoms with Crippen molar-refractivity contribution in [2.75, 3.05) is 14.1 Å². The number of nitrogens with zero attached hydrogens (tertiary/aromatic N) is 1. The van der Waals surface area contributed by atoms with E-state index in [0.29, 0.717) is 0 Å². The minimum Gasteiger partial charge on any atom is -0.307 e.